The quantitative estimate of drug-likeness (QED) is 0.737. The second kappa shape index (κ2) is 6.54. The maximum Gasteiger partial charge on any atom is 0.325 e. The molecule has 0 aliphatic carbocycles. The first-order chi connectivity index (χ1) is 11.2. The molecule has 1 aromatic rings. The highest BCUT2D eigenvalue weighted by molar-refractivity contribution is 5.94. The molecule has 0 unspecified atom stereocenters. The van der Waals surface area contributed by atoms with E-state index in [9.17, 15) is 14.4 Å². The van der Waals surface area contributed by atoms with Crippen LogP contribution in [0.4, 0.5) is 0 Å². The van der Waals surface area contributed by atoms with Gasteiger partial charge in [-0.15, -0.1) is 0 Å². The molecule has 0 bridgehead atoms. The lowest BCUT2D eigenvalue weighted by atomic mass is 9.94. The summed E-state index contributed by atoms with van der Waals surface area (Å²) >= 11 is 0. The monoisotopic (exact) mass is 325 g/mol. The van der Waals surface area contributed by atoms with E-state index in [1.54, 1.807) is 19.1 Å². The second-order valence-corrected chi connectivity index (χ2v) is 5.64. The van der Waals surface area contributed by atoms with E-state index < -0.39 is 11.2 Å². The molecule has 0 fully saturated rings. The average molecular weight is 325 g/mol. The maximum absolute atomic E-state index is 12.0. The van der Waals surface area contributed by atoms with Crippen molar-refractivity contribution in [3.63, 3.8) is 0 Å². The third kappa shape index (κ3) is 3.43. The fourth-order valence-corrected chi connectivity index (χ4v) is 2.26. The molecule has 0 amide bonds. The van der Waals surface area contributed by atoms with Crippen LogP contribution in [-0.2, 0) is 4.79 Å². The van der Waals surface area contributed by atoms with Gasteiger partial charge in [0.25, 0.3) is 5.56 Å². The third-order valence-corrected chi connectivity index (χ3v) is 3.65. The lowest BCUT2D eigenvalue weighted by molar-refractivity contribution is -0.113. The Hall–Kier alpha value is -3.15. The molecule has 6 heteroatoms. The van der Waals surface area contributed by atoms with E-state index in [4.69, 9.17) is 0 Å². The third-order valence-electron chi connectivity index (χ3n) is 3.65. The van der Waals surface area contributed by atoms with Gasteiger partial charge in [-0.25, -0.2) is 4.79 Å². The summed E-state index contributed by atoms with van der Waals surface area (Å²) in [6.07, 6.45) is 4.81. The number of hydrogen-bond acceptors (Lipinski definition) is 4. The van der Waals surface area contributed by atoms with E-state index in [0.29, 0.717) is 22.4 Å². The van der Waals surface area contributed by atoms with Crippen molar-refractivity contribution >= 4 is 11.4 Å². The molecule has 0 saturated heterocycles. The van der Waals surface area contributed by atoms with Crippen LogP contribution in [0.2, 0.25) is 0 Å². The van der Waals surface area contributed by atoms with Crippen molar-refractivity contribution in [2.24, 2.45) is 0 Å². The van der Waals surface area contributed by atoms with E-state index in [1.807, 2.05) is 6.92 Å². The van der Waals surface area contributed by atoms with Crippen molar-refractivity contribution in [1.29, 1.82) is 0 Å². The van der Waals surface area contributed by atoms with Gasteiger partial charge in [0, 0.05) is 23.2 Å². The number of hydrogen-bond donors (Lipinski definition) is 3. The molecule has 1 aromatic heterocycles. The SMILES string of the molecule is C=C(C)C1=C(/C=C(\C)C(C)=O)C=C(c2c[nH]c(=O)[nH]c2=O)C(=C)N1. The van der Waals surface area contributed by atoms with Crippen LogP contribution >= 0.6 is 0 Å². The lowest BCUT2D eigenvalue weighted by Gasteiger charge is -2.23. The maximum atomic E-state index is 12.0. The fourth-order valence-electron chi connectivity index (χ4n) is 2.26. The van der Waals surface area contributed by atoms with Gasteiger partial charge in [0.05, 0.1) is 5.56 Å². The van der Waals surface area contributed by atoms with E-state index in [2.05, 4.69) is 28.4 Å². The van der Waals surface area contributed by atoms with E-state index >= 15 is 0 Å². The van der Waals surface area contributed by atoms with Gasteiger partial charge >= 0.3 is 5.69 Å². The molecule has 2 heterocycles. The smallest absolute Gasteiger partial charge is 0.325 e. The number of nitrogens with one attached hydrogen (secondary N) is 3. The summed E-state index contributed by atoms with van der Waals surface area (Å²) in [7, 11) is 0. The van der Waals surface area contributed by atoms with Gasteiger partial charge < -0.3 is 10.3 Å². The molecule has 0 aromatic carbocycles. The lowest BCUT2D eigenvalue weighted by Crippen LogP contribution is -2.27. The second-order valence-electron chi connectivity index (χ2n) is 5.64. The number of rotatable bonds is 4. The molecule has 0 atom stereocenters. The molecule has 0 saturated carbocycles. The van der Waals surface area contributed by atoms with Gasteiger partial charge in [0.2, 0.25) is 0 Å². The zero-order chi connectivity index (χ0) is 18.0. The first-order valence-corrected chi connectivity index (χ1v) is 7.30. The molecule has 6 nitrogen and oxygen atoms in total. The van der Waals surface area contributed by atoms with Crippen LogP contribution in [0.1, 0.15) is 26.3 Å². The zero-order valence-electron chi connectivity index (χ0n) is 13.9. The van der Waals surface area contributed by atoms with Crippen molar-refractivity contribution in [1.82, 2.24) is 15.3 Å². The van der Waals surface area contributed by atoms with E-state index in [1.165, 1.54) is 13.1 Å². The number of allylic oxidation sites excluding steroid dienone is 6. The van der Waals surface area contributed by atoms with Gasteiger partial charge in [-0.2, -0.15) is 0 Å². The Bertz CT molecular complexity index is 952. The molecule has 24 heavy (non-hydrogen) atoms. The number of dihydropyridines is 1. The summed E-state index contributed by atoms with van der Waals surface area (Å²) in [6, 6.07) is 0. The summed E-state index contributed by atoms with van der Waals surface area (Å²) in [5.41, 5.74) is 2.99. The molecule has 1 aliphatic rings. The minimum Gasteiger partial charge on any atom is -0.355 e. The first-order valence-electron chi connectivity index (χ1n) is 7.30. The van der Waals surface area contributed by atoms with Crippen LogP contribution in [0.15, 0.2) is 69.2 Å². The van der Waals surface area contributed by atoms with Crippen molar-refractivity contribution in [3.8, 4) is 0 Å². The highest BCUT2D eigenvalue weighted by Crippen LogP contribution is 2.29. The Labute approximate surface area is 139 Å². The Balaban J connectivity index is 2.69. The Kier molecular flexibility index (Phi) is 4.69. The number of H-pyrrole nitrogens is 2. The van der Waals surface area contributed by atoms with E-state index in [0.717, 1.165) is 11.3 Å². The standard InChI is InChI=1S/C18H19N3O3/c1-9(2)16-13(6-10(3)12(5)22)7-14(11(4)20-16)15-8-19-18(24)21-17(15)23/h6-8,20H,1,4H2,2-3,5H3,(H2,19,21,23,24)/b10-6+. The van der Waals surface area contributed by atoms with Crippen LogP contribution in [-0.4, -0.2) is 15.8 Å². The normalized spacial score (nSPS) is 15.0. The molecule has 3 N–H and O–H groups in total. The topological polar surface area (TPSA) is 94.8 Å². The first kappa shape index (κ1) is 17.2. The van der Waals surface area contributed by atoms with Crippen LogP contribution < -0.4 is 16.6 Å². The van der Waals surface area contributed by atoms with Crippen molar-refractivity contribution in [2.45, 2.75) is 20.8 Å². The van der Waals surface area contributed by atoms with Gasteiger partial charge in [-0.1, -0.05) is 13.2 Å². The summed E-state index contributed by atoms with van der Waals surface area (Å²) in [4.78, 5) is 39.4. The predicted molar refractivity (Wildman–Crippen MR) is 94.2 cm³/mol. The number of aromatic amines is 2. The predicted octanol–water partition coefficient (Wildman–Crippen LogP) is 1.93. The van der Waals surface area contributed by atoms with Crippen molar-refractivity contribution < 1.29 is 4.79 Å². The molecular formula is C18H19N3O3. The van der Waals surface area contributed by atoms with Crippen LogP contribution in [0.25, 0.3) is 5.57 Å². The largest absolute Gasteiger partial charge is 0.355 e. The molecule has 0 radical (unpaired) electrons. The minimum absolute atomic E-state index is 0.0511. The van der Waals surface area contributed by atoms with Crippen molar-refractivity contribution in [2.75, 3.05) is 0 Å². The van der Waals surface area contributed by atoms with Crippen LogP contribution in [0.5, 0.6) is 0 Å². The average Bonchev–Trinajstić information content (AvgIpc) is 2.48. The summed E-state index contributed by atoms with van der Waals surface area (Å²) < 4.78 is 0. The zero-order valence-corrected chi connectivity index (χ0v) is 13.9. The van der Waals surface area contributed by atoms with Crippen LogP contribution in [0, 0.1) is 0 Å². The highest BCUT2D eigenvalue weighted by atomic mass is 16.2. The van der Waals surface area contributed by atoms with Gasteiger partial charge in [0.1, 0.15) is 0 Å². The molecule has 124 valence electrons. The summed E-state index contributed by atoms with van der Waals surface area (Å²) in [5.74, 6) is -0.0511. The Morgan fingerprint density at radius 2 is 1.88 bits per heavy atom. The van der Waals surface area contributed by atoms with Gasteiger partial charge in [-0.05, 0) is 49.6 Å². The molecule has 1 aliphatic heterocycles. The number of carbonyl (C=O) groups excluding carboxylic acids is 1. The van der Waals surface area contributed by atoms with Crippen molar-refractivity contribution in [3.05, 3.63) is 86.0 Å². The number of Topliss-reactive ketones (excluding diaryl/α,β-unsaturated/α-hetero) is 1. The number of aromatic nitrogens is 2. The summed E-state index contributed by atoms with van der Waals surface area (Å²) in [6.45, 7) is 12.9. The Morgan fingerprint density at radius 3 is 2.42 bits per heavy atom. The molecule has 2 rings (SSSR count). The highest BCUT2D eigenvalue weighted by Gasteiger charge is 2.19. The van der Waals surface area contributed by atoms with Crippen LogP contribution in [0.3, 0.4) is 0 Å². The molecular weight excluding hydrogens is 306 g/mol. The number of carbonyl (C=O) groups is 1. The van der Waals surface area contributed by atoms with E-state index in [-0.39, 0.29) is 11.3 Å². The minimum atomic E-state index is -0.579. The van der Waals surface area contributed by atoms with Gasteiger partial charge in [-0.3, -0.25) is 14.6 Å². The molecule has 0 spiro atoms. The van der Waals surface area contributed by atoms with Gasteiger partial charge in [0.15, 0.2) is 5.78 Å². The fraction of sp³-hybridized carbons (Fsp3) is 0.167. The number of ketones is 1. The Morgan fingerprint density at radius 1 is 1.21 bits per heavy atom. The summed E-state index contributed by atoms with van der Waals surface area (Å²) in [5, 5.41) is 3.12.